The predicted octanol–water partition coefficient (Wildman–Crippen LogP) is 4.86. The van der Waals surface area contributed by atoms with Crippen molar-refractivity contribution in [3.63, 3.8) is 0 Å². The Morgan fingerprint density at radius 3 is 2.88 bits per heavy atom. The van der Waals surface area contributed by atoms with Gasteiger partial charge in [0.25, 0.3) is 5.91 Å². The molecule has 1 amide bonds. The Morgan fingerprint density at radius 2 is 2.00 bits per heavy atom. The smallest absolute Gasteiger partial charge is 0.258 e. The maximum atomic E-state index is 12.9. The van der Waals surface area contributed by atoms with Crippen LogP contribution in [0.25, 0.3) is 10.8 Å². The molecule has 122 valence electrons. The molecule has 3 nitrogen and oxygen atoms in total. The minimum atomic E-state index is -0.0871. The highest BCUT2D eigenvalue weighted by Crippen LogP contribution is 2.38. The van der Waals surface area contributed by atoms with Gasteiger partial charge in [0.2, 0.25) is 0 Å². The molecule has 1 atom stereocenters. The van der Waals surface area contributed by atoms with Crippen LogP contribution < -0.4 is 11.1 Å². The molecule has 0 bridgehead atoms. The molecule has 3 aromatic rings. The van der Waals surface area contributed by atoms with Crippen molar-refractivity contribution in [1.29, 1.82) is 0 Å². The van der Waals surface area contributed by atoms with Crippen LogP contribution in [0.1, 0.15) is 34.1 Å². The second-order valence-corrected chi connectivity index (χ2v) is 7.71. The summed E-state index contributed by atoms with van der Waals surface area (Å²) < 4.78 is 0. The maximum absolute atomic E-state index is 12.9. The summed E-state index contributed by atoms with van der Waals surface area (Å²) in [6, 6.07) is 14.0. The number of anilines is 2. The van der Waals surface area contributed by atoms with E-state index >= 15 is 0 Å². The van der Waals surface area contributed by atoms with Gasteiger partial charge in [-0.3, -0.25) is 4.79 Å². The van der Waals surface area contributed by atoms with Crippen molar-refractivity contribution in [1.82, 2.24) is 0 Å². The number of fused-ring (bicyclic) bond motifs is 2. The lowest BCUT2D eigenvalue weighted by molar-refractivity contribution is 0.102. The number of nitrogens with one attached hydrogen (secondary N) is 1. The number of hydrogen-bond donors (Lipinski definition) is 2. The van der Waals surface area contributed by atoms with E-state index in [-0.39, 0.29) is 5.91 Å². The van der Waals surface area contributed by atoms with E-state index in [4.69, 9.17) is 5.73 Å². The molecule has 1 aliphatic rings. The SMILES string of the molecule is C[C@H]1CCc2c(sc(N)c2C(=O)Nc2cccc3ccccc23)C1. The summed E-state index contributed by atoms with van der Waals surface area (Å²) in [6.07, 6.45) is 3.10. The second kappa shape index (κ2) is 5.95. The normalized spacial score (nSPS) is 16.8. The van der Waals surface area contributed by atoms with Crippen molar-refractivity contribution in [2.75, 3.05) is 11.1 Å². The van der Waals surface area contributed by atoms with Crippen molar-refractivity contribution in [3.8, 4) is 0 Å². The van der Waals surface area contributed by atoms with Gasteiger partial charge in [-0.2, -0.15) is 0 Å². The van der Waals surface area contributed by atoms with Crippen LogP contribution in [0.15, 0.2) is 42.5 Å². The summed E-state index contributed by atoms with van der Waals surface area (Å²) in [7, 11) is 0. The zero-order valence-corrected chi connectivity index (χ0v) is 14.5. The quantitative estimate of drug-likeness (QED) is 0.702. The van der Waals surface area contributed by atoms with Gasteiger partial charge in [-0.1, -0.05) is 43.3 Å². The summed E-state index contributed by atoms with van der Waals surface area (Å²) in [4.78, 5) is 14.2. The molecule has 0 aliphatic heterocycles. The molecular weight excluding hydrogens is 316 g/mol. The number of rotatable bonds is 2. The van der Waals surface area contributed by atoms with Crippen LogP contribution in [0, 0.1) is 5.92 Å². The van der Waals surface area contributed by atoms with Gasteiger partial charge in [0.05, 0.1) is 10.6 Å². The average Bonchev–Trinajstić information content (AvgIpc) is 2.90. The van der Waals surface area contributed by atoms with Crippen molar-refractivity contribution in [3.05, 3.63) is 58.5 Å². The number of nitrogens with two attached hydrogens (primary N) is 1. The van der Waals surface area contributed by atoms with E-state index in [2.05, 4.69) is 12.2 Å². The van der Waals surface area contributed by atoms with E-state index in [1.54, 1.807) is 11.3 Å². The molecule has 0 fully saturated rings. The molecule has 24 heavy (non-hydrogen) atoms. The fraction of sp³-hybridized carbons (Fsp3) is 0.250. The van der Waals surface area contributed by atoms with Crippen LogP contribution in [0.5, 0.6) is 0 Å². The lowest BCUT2D eigenvalue weighted by atomic mass is 9.88. The van der Waals surface area contributed by atoms with Gasteiger partial charge in [-0.25, -0.2) is 0 Å². The van der Waals surface area contributed by atoms with E-state index < -0.39 is 0 Å². The first-order valence-corrected chi connectivity index (χ1v) is 9.14. The summed E-state index contributed by atoms with van der Waals surface area (Å²) in [5, 5.41) is 5.88. The van der Waals surface area contributed by atoms with Crippen LogP contribution in [-0.4, -0.2) is 5.91 Å². The zero-order valence-electron chi connectivity index (χ0n) is 13.6. The molecule has 1 aromatic heterocycles. The Kier molecular flexibility index (Phi) is 3.77. The molecule has 0 saturated heterocycles. The molecular formula is C20H20N2OS. The highest BCUT2D eigenvalue weighted by atomic mass is 32.1. The Bertz CT molecular complexity index is 923. The van der Waals surface area contributed by atoms with E-state index in [9.17, 15) is 4.79 Å². The van der Waals surface area contributed by atoms with Crippen molar-refractivity contribution in [2.24, 2.45) is 5.92 Å². The predicted molar refractivity (Wildman–Crippen MR) is 102 cm³/mol. The number of thiophene rings is 1. The molecule has 0 unspecified atom stereocenters. The summed E-state index contributed by atoms with van der Waals surface area (Å²) in [6.45, 7) is 2.26. The monoisotopic (exact) mass is 336 g/mol. The molecule has 0 saturated carbocycles. The second-order valence-electron chi connectivity index (χ2n) is 6.57. The van der Waals surface area contributed by atoms with E-state index in [1.165, 1.54) is 4.88 Å². The first kappa shape index (κ1) is 15.2. The van der Waals surface area contributed by atoms with Crippen molar-refractivity contribution in [2.45, 2.75) is 26.2 Å². The number of amides is 1. The fourth-order valence-corrected chi connectivity index (χ4v) is 4.82. The van der Waals surface area contributed by atoms with Crippen molar-refractivity contribution < 1.29 is 4.79 Å². The third-order valence-electron chi connectivity index (χ3n) is 4.80. The van der Waals surface area contributed by atoms with E-state index in [0.29, 0.717) is 16.5 Å². The maximum Gasteiger partial charge on any atom is 0.258 e. The molecule has 4 heteroatoms. The number of carbonyl (C=O) groups excluding carboxylic acids is 1. The molecule has 1 heterocycles. The van der Waals surface area contributed by atoms with Crippen molar-refractivity contribution >= 4 is 38.7 Å². The Hall–Kier alpha value is -2.33. The lowest BCUT2D eigenvalue weighted by Gasteiger charge is -2.18. The standard InChI is InChI=1S/C20H20N2OS/c1-12-9-10-15-17(11-12)24-19(21)18(15)20(23)22-16-8-4-6-13-5-2-3-7-14(13)16/h2-8,12H,9-11,21H2,1H3,(H,22,23)/t12-/m0/s1. The van der Waals surface area contributed by atoms with Crippen LogP contribution >= 0.6 is 11.3 Å². The number of hydrogen-bond acceptors (Lipinski definition) is 3. The van der Waals surface area contributed by atoms with Crippen LogP contribution in [0.4, 0.5) is 10.7 Å². The van der Waals surface area contributed by atoms with E-state index in [1.807, 2.05) is 42.5 Å². The summed E-state index contributed by atoms with van der Waals surface area (Å²) in [5.74, 6) is 0.584. The number of carbonyl (C=O) groups is 1. The Labute approximate surface area is 145 Å². The first-order valence-electron chi connectivity index (χ1n) is 8.32. The highest BCUT2D eigenvalue weighted by Gasteiger charge is 2.26. The van der Waals surface area contributed by atoms with Gasteiger partial charge in [0.1, 0.15) is 0 Å². The van der Waals surface area contributed by atoms with Crippen LogP contribution in [0.3, 0.4) is 0 Å². The van der Waals surface area contributed by atoms with Crippen LogP contribution in [0.2, 0.25) is 0 Å². The van der Waals surface area contributed by atoms with E-state index in [0.717, 1.165) is 41.3 Å². The van der Waals surface area contributed by atoms with Gasteiger partial charge in [-0.05, 0) is 42.2 Å². The molecule has 3 N–H and O–H groups in total. The van der Waals surface area contributed by atoms with Gasteiger partial charge in [0.15, 0.2) is 0 Å². The summed E-state index contributed by atoms with van der Waals surface area (Å²) >= 11 is 1.58. The highest BCUT2D eigenvalue weighted by molar-refractivity contribution is 7.16. The molecule has 4 rings (SSSR count). The van der Waals surface area contributed by atoms with Gasteiger partial charge < -0.3 is 11.1 Å². The zero-order chi connectivity index (χ0) is 16.7. The minimum Gasteiger partial charge on any atom is -0.390 e. The Morgan fingerprint density at radius 1 is 1.21 bits per heavy atom. The molecule has 2 aromatic carbocycles. The first-order chi connectivity index (χ1) is 11.6. The minimum absolute atomic E-state index is 0.0871. The average molecular weight is 336 g/mol. The number of nitrogen functional groups attached to an aromatic ring is 1. The molecule has 1 aliphatic carbocycles. The largest absolute Gasteiger partial charge is 0.390 e. The third kappa shape index (κ3) is 2.57. The number of benzene rings is 2. The van der Waals surface area contributed by atoms with Gasteiger partial charge >= 0.3 is 0 Å². The lowest BCUT2D eigenvalue weighted by Crippen LogP contribution is -2.17. The Balaban J connectivity index is 1.70. The molecule has 0 spiro atoms. The van der Waals surface area contributed by atoms with Gasteiger partial charge in [-0.15, -0.1) is 11.3 Å². The summed E-state index contributed by atoms with van der Waals surface area (Å²) in [5.41, 5.74) is 8.88. The fourth-order valence-electron chi connectivity index (χ4n) is 3.54. The third-order valence-corrected chi connectivity index (χ3v) is 5.89. The molecule has 0 radical (unpaired) electrons. The topological polar surface area (TPSA) is 55.1 Å². The van der Waals surface area contributed by atoms with Crippen LogP contribution in [-0.2, 0) is 12.8 Å². The van der Waals surface area contributed by atoms with Gasteiger partial charge in [0, 0.05) is 16.0 Å².